The summed E-state index contributed by atoms with van der Waals surface area (Å²) in [5.74, 6) is 0.425. The van der Waals surface area contributed by atoms with Crippen LogP contribution in [0.15, 0.2) is 0 Å². The molecule has 2 aliphatic rings. The van der Waals surface area contributed by atoms with E-state index in [1.54, 1.807) is 12.0 Å². The van der Waals surface area contributed by atoms with Crippen LogP contribution in [-0.4, -0.2) is 59.5 Å². The lowest BCUT2D eigenvalue weighted by molar-refractivity contribution is -0.176. The average molecular weight is 285 g/mol. The van der Waals surface area contributed by atoms with E-state index >= 15 is 0 Å². The molecule has 0 aromatic heterocycles. The molecule has 5 nitrogen and oxygen atoms in total. The molecule has 2 N–H and O–H groups in total. The molecule has 0 atom stereocenters. The van der Waals surface area contributed by atoms with E-state index in [1.807, 2.05) is 13.8 Å². The quantitative estimate of drug-likeness (QED) is 0.801. The molecule has 1 saturated heterocycles. The maximum absolute atomic E-state index is 12.6. The predicted octanol–water partition coefficient (Wildman–Crippen LogP) is 0.783. The molecule has 0 radical (unpaired) electrons. The highest BCUT2D eigenvalue weighted by molar-refractivity contribution is 5.83. The Morgan fingerprint density at radius 1 is 1.30 bits per heavy atom. The van der Waals surface area contributed by atoms with Crippen LogP contribution in [0.5, 0.6) is 0 Å². The van der Waals surface area contributed by atoms with Crippen molar-refractivity contribution < 1.29 is 19.7 Å². The van der Waals surface area contributed by atoms with E-state index in [9.17, 15) is 15.0 Å². The lowest BCUT2D eigenvalue weighted by Gasteiger charge is -2.50. The number of carbonyl (C=O) groups excluding carboxylic acids is 1. The first-order valence-electron chi connectivity index (χ1n) is 7.47. The van der Waals surface area contributed by atoms with Gasteiger partial charge in [0.1, 0.15) is 5.60 Å². The number of amides is 1. The summed E-state index contributed by atoms with van der Waals surface area (Å²) in [5.41, 5.74) is -1.29. The predicted molar refractivity (Wildman–Crippen MR) is 75.2 cm³/mol. The minimum atomic E-state index is -0.872. The van der Waals surface area contributed by atoms with Crippen molar-refractivity contribution in [3.63, 3.8) is 0 Å². The largest absolute Gasteiger partial charge is 0.393 e. The number of β-amino-alcohol motifs (C(OH)–C–C–N with tert-alkyl or cyclic N) is 1. The van der Waals surface area contributed by atoms with Gasteiger partial charge in [0, 0.05) is 12.5 Å². The van der Waals surface area contributed by atoms with E-state index in [-0.39, 0.29) is 18.6 Å². The van der Waals surface area contributed by atoms with Crippen LogP contribution in [-0.2, 0) is 9.53 Å². The third-order valence-electron chi connectivity index (χ3n) is 4.94. The highest BCUT2D eigenvalue weighted by Crippen LogP contribution is 2.41. The summed E-state index contributed by atoms with van der Waals surface area (Å²) < 4.78 is 4.97. The Labute approximate surface area is 120 Å². The molecule has 5 heteroatoms. The van der Waals surface area contributed by atoms with Gasteiger partial charge in [-0.25, -0.2) is 0 Å². The van der Waals surface area contributed by atoms with Gasteiger partial charge < -0.3 is 19.8 Å². The van der Waals surface area contributed by atoms with Gasteiger partial charge in [-0.15, -0.1) is 0 Å². The maximum Gasteiger partial charge on any atom is 0.228 e. The zero-order chi connectivity index (χ0) is 15.0. The van der Waals surface area contributed by atoms with E-state index in [2.05, 4.69) is 0 Å². The van der Waals surface area contributed by atoms with Gasteiger partial charge in [0.2, 0.25) is 5.91 Å². The molecule has 1 aliphatic heterocycles. The summed E-state index contributed by atoms with van der Waals surface area (Å²) in [5, 5.41) is 19.7. The zero-order valence-electron chi connectivity index (χ0n) is 12.8. The standard InChI is InChI=1S/C15H27NO4/c1-14(2,11-4-6-12(17)7-5-11)13(18)16-8-15(19,9-16)10-20-3/h11-12,17,19H,4-10H2,1-3H3. The van der Waals surface area contributed by atoms with Crippen LogP contribution >= 0.6 is 0 Å². The molecule has 1 heterocycles. The molecule has 1 saturated carbocycles. The van der Waals surface area contributed by atoms with Crippen molar-refractivity contribution in [1.29, 1.82) is 0 Å². The van der Waals surface area contributed by atoms with Crippen molar-refractivity contribution in [3.8, 4) is 0 Å². The molecule has 0 aromatic carbocycles. The third-order valence-corrected chi connectivity index (χ3v) is 4.94. The van der Waals surface area contributed by atoms with Gasteiger partial charge >= 0.3 is 0 Å². The minimum Gasteiger partial charge on any atom is -0.393 e. The molecule has 1 aliphatic carbocycles. The topological polar surface area (TPSA) is 70.0 Å². The summed E-state index contributed by atoms with van der Waals surface area (Å²) in [6.07, 6.45) is 3.17. The summed E-state index contributed by atoms with van der Waals surface area (Å²) in [7, 11) is 1.56. The number of methoxy groups -OCH3 is 1. The molecule has 0 aromatic rings. The van der Waals surface area contributed by atoms with Crippen molar-refractivity contribution in [2.45, 2.75) is 51.2 Å². The fourth-order valence-corrected chi connectivity index (χ4v) is 3.55. The van der Waals surface area contributed by atoms with Crippen molar-refractivity contribution in [3.05, 3.63) is 0 Å². The lowest BCUT2D eigenvalue weighted by Crippen LogP contribution is -2.67. The Hall–Kier alpha value is -0.650. The summed E-state index contributed by atoms with van der Waals surface area (Å²) in [6.45, 7) is 4.97. The Kier molecular flexibility index (Phi) is 4.42. The molecular weight excluding hydrogens is 258 g/mol. The zero-order valence-corrected chi connectivity index (χ0v) is 12.8. The minimum absolute atomic E-state index is 0.111. The van der Waals surface area contributed by atoms with Gasteiger partial charge in [0.25, 0.3) is 0 Å². The van der Waals surface area contributed by atoms with Gasteiger partial charge in [-0.1, -0.05) is 13.8 Å². The van der Waals surface area contributed by atoms with Gasteiger partial charge in [-0.2, -0.15) is 0 Å². The number of nitrogens with zero attached hydrogens (tertiary/aromatic N) is 1. The first-order valence-corrected chi connectivity index (χ1v) is 7.47. The van der Waals surface area contributed by atoms with Gasteiger partial charge in [0.15, 0.2) is 0 Å². The van der Waals surface area contributed by atoms with E-state index < -0.39 is 11.0 Å². The van der Waals surface area contributed by atoms with E-state index in [0.29, 0.717) is 19.0 Å². The normalized spacial score (nSPS) is 29.9. The van der Waals surface area contributed by atoms with Gasteiger partial charge in [0.05, 0.1) is 25.8 Å². The lowest BCUT2D eigenvalue weighted by atomic mass is 9.69. The first-order chi connectivity index (χ1) is 9.28. The van der Waals surface area contributed by atoms with E-state index in [1.165, 1.54) is 0 Å². The van der Waals surface area contributed by atoms with Gasteiger partial charge in [-0.05, 0) is 31.6 Å². The molecule has 2 rings (SSSR count). The van der Waals surface area contributed by atoms with Crippen LogP contribution in [0.1, 0.15) is 39.5 Å². The van der Waals surface area contributed by atoms with E-state index in [0.717, 1.165) is 25.7 Å². The molecule has 0 unspecified atom stereocenters. The fraction of sp³-hybridized carbons (Fsp3) is 0.933. The number of carbonyl (C=O) groups is 1. The molecule has 1 amide bonds. The average Bonchev–Trinajstić information content (AvgIpc) is 2.35. The Bertz CT molecular complexity index is 355. The molecule has 2 fully saturated rings. The van der Waals surface area contributed by atoms with Crippen molar-refractivity contribution in [1.82, 2.24) is 4.90 Å². The van der Waals surface area contributed by atoms with Crippen LogP contribution in [0.3, 0.4) is 0 Å². The van der Waals surface area contributed by atoms with Crippen LogP contribution in [0.25, 0.3) is 0 Å². The number of aliphatic hydroxyl groups excluding tert-OH is 1. The van der Waals surface area contributed by atoms with Crippen molar-refractivity contribution in [2.24, 2.45) is 11.3 Å². The second-order valence-electron chi connectivity index (χ2n) is 7.05. The number of ether oxygens (including phenoxy) is 1. The van der Waals surface area contributed by atoms with Crippen molar-refractivity contribution >= 4 is 5.91 Å². The Morgan fingerprint density at radius 2 is 1.85 bits per heavy atom. The van der Waals surface area contributed by atoms with Crippen LogP contribution in [0.4, 0.5) is 0 Å². The molecule has 116 valence electrons. The highest BCUT2D eigenvalue weighted by Gasteiger charge is 2.49. The monoisotopic (exact) mass is 285 g/mol. The smallest absolute Gasteiger partial charge is 0.228 e. The summed E-state index contributed by atoms with van der Waals surface area (Å²) >= 11 is 0. The Balaban J connectivity index is 1.92. The van der Waals surface area contributed by atoms with Crippen LogP contribution in [0.2, 0.25) is 0 Å². The first kappa shape index (κ1) is 15.7. The summed E-state index contributed by atoms with van der Waals surface area (Å²) in [6, 6.07) is 0. The van der Waals surface area contributed by atoms with Gasteiger partial charge in [-0.3, -0.25) is 4.79 Å². The maximum atomic E-state index is 12.6. The van der Waals surface area contributed by atoms with E-state index in [4.69, 9.17) is 4.74 Å². The van der Waals surface area contributed by atoms with Crippen LogP contribution in [0, 0.1) is 11.3 Å². The number of aliphatic hydroxyl groups is 2. The molecule has 0 spiro atoms. The second kappa shape index (κ2) is 5.62. The van der Waals surface area contributed by atoms with Crippen molar-refractivity contribution in [2.75, 3.05) is 26.8 Å². The third kappa shape index (κ3) is 3.00. The number of likely N-dealkylation sites (tertiary alicyclic amines) is 1. The Morgan fingerprint density at radius 3 is 2.35 bits per heavy atom. The molecular formula is C15H27NO4. The SMILES string of the molecule is COCC1(O)CN(C(=O)C(C)(C)C2CCC(O)CC2)C1. The molecule has 0 bridgehead atoms. The number of hydrogen-bond donors (Lipinski definition) is 2. The summed E-state index contributed by atoms with van der Waals surface area (Å²) in [4.78, 5) is 14.4. The number of rotatable bonds is 4. The number of hydrogen-bond acceptors (Lipinski definition) is 4. The molecule has 20 heavy (non-hydrogen) atoms. The highest BCUT2D eigenvalue weighted by atomic mass is 16.5. The second-order valence-corrected chi connectivity index (χ2v) is 7.05. The van der Waals surface area contributed by atoms with Crippen LogP contribution < -0.4 is 0 Å². The fourth-order valence-electron chi connectivity index (χ4n) is 3.55.